The molecule has 5 rings (SSSR count). The highest BCUT2D eigenvalue weighted by atomic mass is 32.2. The first-order valence-corrected chi connectivity index (χ1v) is 11.7. The summed E-state index contributed by atoms with van der Waals surface area (Å²) >= 11 is 0. The molecule has 5 aromatic rings. The second kappa shape index (κ2) is 7.69. The number of hydrogen-bond acceptors (Lipinski definition) is 3. The number of nitrogens with one attached hydrogen (secondary N) is 1. The first-order valence-electron chi connectivity index (χ1n) is 10.2. The summed E-state index contributed by atoms with van der Waals surface area (Å²) in [6.07, 6.45) is 3.60. The van der Waals surface area contributed by atoms with Gasteiger partial charge in [-0.3, -0.25) is 4.72 Å². The summed E-state index contributed by atoms with van der Waals surface area (Å²) in [5.41, 5.74) is 4.49. The molecule has 160 valence electrons. The largest absolute Gasteiger partial charge is 0.329 e. The minimum absolute atomic E-state index is 0.222. The number of aryl methyl sites for hydroxylation is 2. The molecule has 0 aliphatic carbocycles. The van der Waals surface area contributed by atoms with E-state index in [1.807, 2.05) is 79.3 Å². The summed E-state index contributed by atoms with van der Waals surface area (Å²) in [4.78, 5) is 0.222. The maximum Gasteiger partial charge on any atom is 0.263 e. The fourth-order valence-corrected chi connectivity index (χ4v) is 5.09. The summed E-state index contributed by atoms with van der Waals surface area (Å²) in [6.45, 7) is 1.93. The molecule has 0 fully saturated rings. The van der Waals surface area contributed by atoms with Crippen molar-refractivity contribution in [2.45, 2.75) is 11.8 Å². The Morgan fingerprint density at radius 3 is 2.34 bits per heavy atom. The molecular weight excluding hydrogens is 420 g/mol. The standard InChI is InChI=1S/C25H22N4O2S/c1-18-12-14-19(15-13-18)32(30,31)27-25-24(20-8-3-5-10-22(20)28(25)2)21-9-4-6-11-23(21)29-17-7-16-26-29/h3-17,27H,1-2H3. The minimum Gasteiger partial charge on any atom is -0.329 e. The van der Waals surface area contributed by atoms with Crippen LogP contribution in [0, 0.1) is 6.92 Å². The molecule has 2 heterocycles. The van der Waals surface area contributed by atoms with E-state index in [0.717, 1.165) is 33.3 Å². The topological polar surface area (TPSA) is 68.9 Å². The van der Waals surface area contributed by atoms with E-state index in [-0.39, 0.29) is 4.90 Å². The average Bonchev–Trinajstić information content (AvgIpc) is 3.42. The molecular formula is C25H22N4O2S. The van der Waals surface area contributed by atoms with Crippen LogP contribution in [-0.2, 0) is 17.1 Å². The Bertz CT molecular complexity index is 1520. The lowest BCUT2D eigenvalue weighted by Gasteiger charge is -2.15. The molecule has 0 saturated heterocycles. The summed E-state index contributed by atoms with van der Waals surface area (Å²) < 4.78 is 33.1. The first-order chi connectivity index (χ1) is 15.5. The van der Waals surface area contributed by atoms with Crippen LogP contribution >= 0.6 is 0 Å². The van der Waals surface area contributed by atoms with Crippen molar-refractivity contribution < 1.29 is 8.42 Å². The van der Waals surface area contributed by atoms with E-state index >= 15 is 0 Å². The molecule has 0 aliphatic heterocycles. The Morgan fingerprint density at radius 1 is 0.875 bits per heavy atom. The number of rotatable bonds is 5. The van der Waals surface area contributed by atoms with Crippen LogP contribution in [0.4, 0.5) is 5.82 Å². The number of hydrogen-bond donors (Lipinski definition) is 1. The highest BCUT2D eigenvalue weighted by Crippen LogP contribution is 2.41. The molecule has 3 aromatic carbocycles. The maximum atomic E-state index is 13.3. The molecule has 0 radical (unpaired) electrons. The smallest absolute Gasteiger partial charge is 0.263 e. The van der Waals surface area contributed by atoms with Gasteiger partial charge in [0.05, 0.1) is 16.1 Å². The lowest BCUT2D eigenvalue weighted by molar-refractivity contribution is 0.600. The van der Waals surface area contributed by atoms with E-state index in [9.17, 15) is 8.42 Å². The zero-order valence-corrected chi connectivity index (χ0v) is 18.5. The van der Waals surface area contributed by atoms with Gasteiger partial charge in [0, 0.05) is 36.0 Å². The van der Waals surface area contributed by atoms with Gasteiger partial charge in [0.1, 0.15) is 5.82 Å². The average molecular weight is 443 g/mol. The van der Waals surface area contributed by atoms with Crippen LogP contribution < -0.4 is 4.72 Å². The summed E-state index contributed by atoms with van der Waals surface area (Å²) in [7, 11) is -1.92. The van der Waals surface area contributed by atoms with E-state index in [0.29, 0.717) is 5.82 Å². The van der Waals surface area contributed by atoms with Crippen LogP contribution in [0.15, 0.2) is 96.2 Å². The van der Waals surface area contributed by atoms with Crippen LogP contribution in [0.1, 0.15) is 5.56 Å². The highest BCUT2D eigenvalue weighted by Gasteiger charge is 2.24. The van der Waals surface area contributed by atoms with Crippen molar-refractivity contribution in [3.05, 3.63) is 96.8 Å². The zero-order valence-electron chi connectivity index (χ0n) is 17.7. The van der Waals surface area contributed by atoms with E-state index in [4.69, 9.17) is 0 Å². The van der Waals surface area contributed by atoms with Crippen molar-refractivity contribution in [1.82, 2.24) is 14.3 Å². The summed E-state index contributed by atoms with van der Waals surface area (Å²) in [5, 5.41) is 5.35. The van der Waals surface area contributed by atoms with Crippen molar-refractivity contribution in [1.29, 1.82) is 0 Å². The molecule has 2 aromatic heterocycles. The van der Waals surface area contributed by atoms with Crippen molar-refractivity contribution in [3.8, 4) is 16.8 Å². The number of fused-ring (bicyclic) bond motifs is 1. The minimum atomic E-state index is -3.79. The fourth-order valence-electron chi connectivity index (χ4n) is 3.99. The monoisotopic (exact) mass is 442 g/mol. The third-order valence-electron chi connectivity index (χ3n) is 5.59. The summed E-state index contributed by atoms with van der Waals surface area (Å²) in [6, 6.07) is 24.5. The maximum absolute atomic E-state index is 13.3. The van der Waals surface area contributed by atoms with Gasteiger partial charge in [-0.05, 0) is 37.3 Å². The number of anilines is 1. The Labute approximate surface area is 186 Å². The third-order valence-corrected chi connectivity index (χ3v) is 6.95. The van der Waals surface area contributed by atoms with Gasteiger partial charge in [0.2, 0.25) is 0 Å². The number of benzene rings is 3. The molecule has 0 saturated carbocycles. The number of para-hydroxylation sites is 2. The predicted molar refractivity (Wildman–Crippen MR) is 127 cm³/mol. The summed E-state index contributed by atoms with van der Waals surface area (Å²) in [5.74, 6) is 0.506. The van der Waals surface area contributed by atoms with E-state index < -0.39 is 10.0 Å². The molecule has 0 spiro atoms. The highest BCUT2D eigenvalue weighted by molar-refractivity contribution is 7.92. The molecule has 0 atom stereocenters. The van der Waals surface area contributed by atoms with Crippen molar-refractivity contribution in [3.63, 3.8) is 0 Å². The van der Waals surface area contributed by atoms with Gasteiger partial charge in [-0.25, -0.2) is 13.1 Å². The van der Waals surface area contributed by atoms with Crippen LogP contribution in [-0.4, -0.2) is 22.8 Å². The molecule has 0 bridgehead atoms. The third kappa shape index (κ3) is 3.36. The second-order valence-electron chi connectivity index (χ2n) is 7.69. The van der Waals surface area contributed by atoms with Gasteiger partial charge >= 0.3 is 0 Å². The molecule has 0 amide bonds. The Morgan fingerprint density at radius 2 is 1.59 bits per heavy atom. The Kier molecular flexibility index (Phi) is 4.83. The molecule has 32 heavy (non-hydrogen) atoms. The molecule has 0 unspecified atom stereocenters. The number of aromatic nitrogens is 3. The van der Waals surface area contributed by atoms with Gasteiger partial charge in [-0.1, -0.05) is 54.1 Å². The first kappa shape index (κ1) is 20.1. The molecule has 6 nitrogen and oxygen atoms in total. The van der Waals surface area contributed by atoms with E-state index in [1.54, 1.807) is 35.1 Å². The van der Waals surface area contributed by atoms with Crippen molar-refractivity contribution >= 4 is 26.7 Å². The number of nitrogens with zero attached hydrogens (tertiary/aromatic N) is 3. The van der Waals surface area contributed by atoms with Crippen molar-refractivity contribution in [2.24, 2.45) is 7.05 Å². The fraction of sp³-hybridized carbons (Fsp3) is 0.0800. The SMILES string of the molecule is Cc1ccc(S(=O)(=O)Nc2c(-c3ccccc3-n3cccn3)c3ccccc3n2C)cc1. The van der Waals surface area contributed by atoms with Gasteiger partial charge < -0.3 is 4.57 Å². The van der Waals surface area contributed by atoms with Gasteiger partial charge in [-0.15, -0.1) is 0 Å². The predicted octanol–water partition coefficient (Wildman–Crippen LogP) is 5.14. The Hall–Kier alpha value is -3.84. The normalized spacial score (nSPS) is 11.7. The van der Waals surface area contributed by atoms with Crippen LogP contribution in [0.25, 0.3) is 27.7 Å². The second-order valence-corrected chi connectivity index (χ2v) is 9.37. The van der Waals surface area contributed by atoms with Crippen LogP contribution in [0.5, 0.6) is 0 Å². The molecule has 7 heteroatoms. The van der Waals surface area contributed by atoms with Gasteiger partial charge in [0.15, 0.2) is 0 Å². The van der Waals surface area contributed by atoms with E-state index in [2.05, 4.69) is 9.82 Å². The van der Waals surface area contributed by atoms with Crippen LogP contribution in [0.2, 0.25) is 0 Å². The van der Waals surface area contributed by atoms with Crippen LogP contribution in [0.3, 0.4) is 0 Å². The lowest BCUT2D eigenvalue weighted by atomic mass is 10.0. The van der Waals surface area contributed by atoms with Crippen molar-refractivity contribution in [2.75, 3.05) is 4.72 Å². The van der Waals surface area contributed by atoms with Gasteiger partial charge in [0.25, 0.3) is 10.0 Å². The zero-order chi connectivity index (χ0) is 22.3. The van der Waals surface area contributed by atoms with E-state index in [1.165, 1.54) is 0 Å². The molecule has 0 aliphatic rings. The Balaban J connectivity index is 1.75. The molecule has 1 N–H and O–H groups in total. The van der Waals surface area contributed by atoms with Gasteiger partial charge in [-0.2, -0.15) is 5.10 Å². The number of sulfonamides is 1. The lowest BCUT2D eigenvalue weighted by Crippen LogP contribution is -2.16. The quantitative estimate of drug-likeness (QED) is 0.410.